The number of hydrogen-bond donors (Lipinski definition) is 1. The van der Waals surface area contributed by atoms with Crippen molar-refractivity contribution < 1.29 is 17.9 Å². The summed E-state index contributed by atoms with van der Waals surface area (Å²) in [6.07, 6.45) is 0.292. The maximum atomic E-state index is 13.2. The Morgan fingerprint density at radius 1 is 1.10 bits per heavy atom. The van der Waals surface area contributed by atoms with Crippen molar-refractivity contribution >= 4 is 27.3 Å². The van der Waals surface area contributed by atoms with Gasteiger partial charge in [-0.2, -0.15) is 4.31 Å². The third-order valence-electron chi connectivity index (χ3n) is 5.56. The molecule has 8 heteroatoms. The summed E-state index contributed by atoms with van der Waals surface area (Å²) in [4.78, 5) is 14.2. The van der Waals surface area contributed by atoms with Crippen LogP contribution in [-0.4, -0.2) is 51.9 Å². The number of sulfonamides is 1. The number of rotatable bonds is 6. The third kappa shape index (κ3) is 4.44. The minimum absolute atomic E-state index is 0.148. The van der Waals surface area contributed by atoms with E-state index in [1.165, 1.54) is 34.7 Å². The molecule has 162 valence electrons. The average Bonchev–Trinajstić information content (AvgIpc) is 2.75. The molecule has 1 aliphatic rings. The molecule has 0 atom stereocenters. The van der Waals surface area contributed by atoms with E-state index in [9.17, 15) is 13.2 Å². The van der Waals surface area contributed by atoms with E-state index in [1.807, 2.05) is 6.07 Å². The van der Waals surface area contributed by atoms with E-state index >= 15 is 0 Å². The first kappa shape index (κ1) is 22.1. The number of piperazine rings is 1. The van der Waals surface area contributed by atoms with Gasteiger partial charge >= 0.3 is 0 Å². The maximum absolute atomic E-state index is 13.2. The Hall–Kier alpha value is -2.58. The van der Waals surface area contributed by atoms with Crippen LogP contribution in [0.15, 0.2) is 41.3 Å². The molecule has 1 aliphatic heterocycles. The Kier molecular flexibility index (Phi) is 6.67. The third-order valence-corrected chi connectivity index (χ3v) is 7.45. The van der Waals surface area contributed by atoms with Gasteiger partial charge in [0.15, 0.2) is 0 Å². The van der Waals surface area contributed by atoms with Gasteiger partial charge in [0.05, 0.1) is 17.7 Å². The Morgan fingerprint density at radius 3 is 2.43 bits per heavy atom. The van der Waals surface area contributed by atoms with Gasteiger partial charge in [-0.05, 0) is 49.2 Å². The molecule has 1 amide bonds. The standard InChI is InChI=1S/C22H29N3O4S/c1-5-22(26)23-19-15-18(9-10-21(19)29-4)30(27,28)25-13-11-24(12-14-25)20-8-6-7-16(2)17(20)3/h6-10,15H,5,11-14H2,1-4H3,(H,23,26). The van der Waals surface area contributed by atoms with Crippen LogP contribution in [0.1, 0.15) is 24.5 Å². The molecule has 3 rings (SSSR count). The van der Waals surface area contributed by atoms with E-state index in [0.717, 1.165) is 5.69 Å². The van der Waals surface area contributed by atoms with Crippen LogP contribution >= 0.6 is 0 Å². The fourth-order valence-corrected chi connectivity index (χ4v) is 5.03. The van der Waals surface area contributed by atoms with Gasteiger partial charge in [-0.25, -0.2) is 8.42 Å². The van der Waals surface area contributed by atoms with Gasteiger partial charge in [-0.3, -0.25) is 4.79 Å². The molecule has 0 unspecified atom stereocenters. The number of benzene rings is 2. The van der Waals surface area contributed by atoms with Gasteiger partial charge in [-0.15, -0.1) is 0 Å². The number of carbonyl (C=O) groups is 1. The summed E-state index contributed by atoms with van der Waals surface area (Å²) in [6, 6.07) is 10.8. The summed E-state index contributed by atoms with van der Waals surface area (Å²) in [5, 5.41) is 2.71. The molecule has 2 aromatic rings. The van der Waals surface area contributed by atoms with E-state index < -0.39 is 10.0 Å². The molecule has 0 saturated carbocycles. The van der Waals surface area contributed by atoms with Crippen molar-refractivity contribution in [3.05, 3.63) is 47.5 Å². The number of nitrogens with zero attached hydrogens (tertiary/aromatic N) is 2. The summed E-state index contributed by atoms with van der Waals surface area (Å²) < 4.78 is 33.2. The number of methoxy groups -OCH3 is 1. The molecule has 1 saturated heterocycles. The fourth-order valence-electron chi connectivity index (χ4n) is 3.58. The monoisotopic (exact) mass is 431 g/mol. The first-order chi connectivity index (χ1) is 14.3. The number of anilines is 2. The number of hydrogen-bond acceptors (Lipinski definition) is 5. The Labute approximate surface area is 178 Å². The minimum atomic E-state index is -3.68. The Morgan fingerprint density at radius 2 is 1.80 bits per heavy atom. The van der Waals surface area contributed by atoms with Crippen molar-refractivity contribution in [1.82, 2.24) is 4.31 Å². The first-order valence-corrected chi connectivity index (χ1v) is 11.5. The Bertz CT molecular complexity index is 1030. The second-order valence-corrected chi connectivity index (χ2v) is 9.31. The number of carbonyl (C=O) groups excluding carboxylic acids is 1. The van der Waals surface area contributed by atoms with Crippen molar-refractivity contribution in [2.45, 2.75) is 32.1 Å². The highest BCUT2D eigenvalue weighted by atomic mass is 32.2. The smallest absolute Gasteiger partial charge is 0.243 e. The summed E-state index contributed by atoms with van der Waals surface area (Å²) in [5.74, 6) is 0.223. The Balaban J connectivity index is 1.79. The van der Waals surface area contributed by atoms with Crippen LogP contribution in [-0.2, 0) is 14.8 Å². The number of nitrogens with one attached hydrogen (secondary N) is 1. The molecular formula is C22H29N3O4S. The van der Waals surface area contributed by atoms with E-state index in [2.05, 4.69) is 36.2 Å². The molecule has 0 aromatic heterocycles. The summed E-state index contributed by atoms with van der Waals surface area (Å²) in [6.45, 7) is 7.96. The van der Waals surface area contributed by atoms with Crippen molar-refractivity contribution in [2.24, 2.45) is 0 Å². The average molecular weight is 432 g/mol. The summed E-state index contributed by atoms with van der Waals surface area (Å²) >= 11 is 0. The second kappa shape index (κ2) is 9.06. The van der Waals surface area contributed by atoms with Gasteiger partial charge in [-0.1, -0.05) is 19.1 Å². The van der Waals surface area contributed by atoms with Crippen molar-refractivity contribution in [1.29, 1.82) is 0 Å². The van der Waals surface area contributed by atoms with E-state index in [0.29, 0.717) is 44.0 Å². The molecule has 7 nitrogen and oxygen atoms in total. The van der Waals surface area contributed by atoms with Crippen LogP contribution in [0, 0.1) is 13.8 Å². The van der Waals surface area contributed by atoms with Crippen molar-refractivity contribution in [3.8, 4) is 5.75 Å². The summed E-state index contributed by atoms with van der Waals surface area (Å²) in [5.41, 5.74) is 3.96. The maximum Gasteiger partial charge on any atom is 0.243 e. The SMILES string of the molecule is CCC(=O)Nc1cc(S(=O)(=O)N2CCN(c3cccc(C)c3C)CC2)ccc1OC. The van der Waals surface area contributed by atoms with Gasteiger partial charge in [0.25, 0.3) is 0 Å². The largest absolute Gasteiger partial charge is 0.495 e. The zero-order chi connectivity index (χ0) is 21.9. The van der Waals surface area contributed by atoms with Crippen molar-refractivity contribution in [3.63, 3.8) is 0 Å². The molecule has 1 heterocycles. The van der Waals surface area contributed by atoms with Crippen LogP contribution < -0.4 is 15.0 Å². The molecule has 0 spiro atoms. The lowest BCUT2D eigenvalue weighted by molar-refractivity contribution is -0.115. The highest BCUT2D eigenvalue weighted by Gasteiger charge is 2.29. The molecule has 0 bridgehead atoms. The molecule has 0 aliphatic carbocycles. The molecular weight excluding hydrogens is 402 g/mol. The topological polar surface area (TPSA) is 79.0 Å². The lowest BCUT2D eigenvalue weighted by Gasteiger charge is -2.36. The number of ether oxygens (including phenoxy) is 1. The number of aryl methyl sites for hydroxylation is 1. The minimum Gasteiger partial charge on any atom is -0.495 e. The molecule has 30 heavy (non-hydrogen) atoms. The first-order valence-electron chi connectivity index (χ1n) is 10.1. The van der Waals surface area contributed by atoms with Gasteiger partial charge in [0, 0.05) is 38.3 Å². The van der Waals surface area contributed by atoms with Gasteiger partial charge < -0.3 is 15.0 Å². The molecule has 1 N–H and O–H groups in total. The van der Waals surface area contributed by atoms with E-state index in [1.54, 1.807) is 13.0 Å². The van der Waals surface area contributed by atoms with Crippen LogP contribution in [0.4, 0.5) is 11.4 Å². The zero-order valence-electron chi connectivity index (χ0n) is 17.9. The van der Waals surface area contributed by atoms with Crippen LogP contribution in [0.25, 0.3) is 0 Å². The zero-order valence-corrected chi connectivity index (χ0v) is 18.8. The fraction of sp³-hybridized carbons (Fsp3) is 0.409. The normalized spacial score (nSPS) is 15.1. The number of amides is 1. The van der Waals surface area contributed by atoms with E-state index in [-0.39, 0.29) is 10.8 Å². The molecule has 1 fully saturated rings. The van der Waals surface area contributed by atoms with E-state index in [4.69, 9.17) is 4.74 Å². The predicted octanol–water partition coefficient (Wildman–Crippen LogP) is 3.17. The summed E-state index contributed by atoms with van der Waals surface area (Å²) in [7, 11) is -2.19. The highest BCUT2D eigenvalue weighted by molar-refractivity contribution is 7.89. The van der Waals surface area contributed by atoms with Gasteiger partial charge in [0.2, 0.25) is 15.9 Å². The van der Waals surface area contributed by atoms with Crippen LogP contribution in [0.2, 0.25) is 0 Å². The van der Waals surface area contributed by atoms with Crippen LogP contribution in [0.5, 0.6) is 5.75 Å². The lowest BCUT2D eigenvalue weighted by Crippen LogP contribution is -2.48. The lowest BCUT2D eigenvalue weighted by atomic mass is 10.1. The van der Waals surface area contributed by atoms with Crippen molar-refractivity contribution in [2.75, 3.05) is 43.5 Å². The second-order valence-electron chi connectivity index (χ2n) is 7.37. The molecule has 0 radical (unpaired) electrons. The quantitative estimate of drug-likeness (QED) is 0.760. The highest BCUT2D eigenvalue weighted by Crippen LogP contribution is 2.30. The van der Waals surface area contributed by atoms with Crippen LogP contribution in [0.3, 0.4) is 0 Å². The molecule has 2 aromatic carbocycles. The predicted molar refractivity (Wildman–Crippen MR) is 119 cm³/mol. The van der Waals surface area contributed by atoms with Gasteiger partial charge in [0.1, 0.15) is 5.75 Å².